The number of allylic oxidation sites excluding steroid dienone is 1. The summed E-state index contributed by atoms with van der Waals surface area (Å²) >= 11 is 0. The maximum atomic E-state index is 11.8. The summed E-state index contributed by atoms with van der Waals surface area (Å²) in [4.78, 5) is 11.8. The van der Waals surface area contributed by atoms with Crippen molar-refractivity contribution in [3.05, 3.63) is 11.5 Å². The number of hydrogen-bond donors (Lipinski definition) is 0. The Morgan fingerprint density at radius 3 is 1.95 bits per heavy atom. The first-order valence-corrected chi connectivity index (χ1v) is 7.15. The van der Waals surface area contributed by atoms with Crippen LogP contribution >= 0.6 is 0 Å². The van der Waals surface area contributed by atoms with Crippen LogP contribution in [0.3, 0.4) is 0 Å². The van der Waals surface area contributed by atoms with Crippen molar-refractivity contribution in [3.8, 4) is 0 Å². The summed E-state index contributed by atoms with van der Waals surface area (Å²) in [5.41, 5.74) is -0.282. The fourth-order valence-electron chi connectivity index (χ4n) is 1.92. The molecule has 1 aliphatic heterocycles. The van der Waals surface area contributed by atoms with Crippen molar-refractivity contribution in [2.75, 3.05) is 6.61 Å². The van der Waals surface area contributed by atoms with E-state index in [0.717, 1.165) is 5.47 Å². The lowest BCUT2D eigenvalue weighted by molar-refractivity contribution is -0.137. The van der Waals surface area contributed by atoms with Crippen molar-refractivity contribution in [2.45, 2.75) is 66.6 Å². The molecule has 0 aromatic rings. The third-order valence-corrected chi connectivity index (χ3v) is 3.93. The molecule has 5 heteroatoms. The molecule has 0 N–H and O–H groups in total. The highest BCUT2D eigenvalue weighted by Gasteiger charge is 2.53. The van der Waals surface area contributed by atoms with Gasteiger partial charge in [0.2, 0.25) is 0 Å². The fourth-order valence-corrected chi connectivity index (χ4v) is 1.92. The molecule has 1 saturated heterocycles. The van der Waals surface area contributed by atoms with E-state index in [-0.39, 0.29) is 11.4 Å². The van der Waals surface area contributed by atoms with E-state index in [1.807, 2.05) is 48.5 Å². The van der Waals surface area contributed by atoms with Crippen LogP contribution in [0.25, 0.3) is 0 Å². The average molecular weight is 282 g/mol. The second-order valence-corrected chi connectivity index (χ2v) is 7.19. The quantitative estimate of drug-likeness (QED) is 0.453. The Labute approximate surface area is 123 Å². The van der Waals surface area contributed by atoms with E-state index in [0.29, 0.717) is 6.61 Å². The summed E-state index contributed by atoms with van der Waals surface area (Å²) in [6.07, 6.45) is 1.51. The normalized spacial score (nSPS) is 22.0. The van der Waals surface area contributed by atoms with E-state index in [1.165, 1.54) is 6.08 Å². The minimum Gasteiger partial charge on any atom is -0.463 e. The predicted octanol–water partition coefficient (Wildman–Crippen LogP) is 3.15. The zero-order chi connectivity index (χ0) is 15.8. The van der Waals surface area contributed by atoms with Crippen molar-refractivity contribution in [1.82, 2.24) is 0 Å². The van der Waals surface area contributed by atoms with Gasteiger partial charge in [-0.2, -0.15) is 0 Å². The van der Waals surface area contributed by atoms with Crippen LogP contribution < -0.4 is 0 Å². The van der Waals surface area contributed by atoms with Crippen molar-refractivity contribution in [1.29, 1.82) is 0 Å². The lowest BCUT2D eigenvalue weighted by Crippen LogP contribution is -2.41. The zero-order valence-corrected chi connectivity index (χ0v) is 14.0. The van der Waals surface area contributed by atoms with E-state index >= 15 is 0 Å². The molecule has 1 heterocycles. The molecule has 1 fully saturated rings. The molecule has 4 nitrogen and oxygen atoms in total. The average Bonchev–Trinajstić information content (AvgIpc) is 2.43. The Morgan fingerprint density at radius 1 is 1.15 bits per heavy atom. The Balaban J connectivity index is 3.07. The summed E-state index contributed by atoms with van der Waals surface area (Å²) in [5.74, 6) is -0.355. The largest absolute Gasteiger partial charge is 0.491 e. The van der Waals surface area contributed by atoms with Crippen LogP contribution in [0, 0.1) is 5.41 Å². The van der Waals surface area contributed by atoms with Gasteiger partial charge in [0.25, 0.3) is 0 Å². The van der Waals surface area contributed by atoms with Crippen LogP contribution in [0.5, 0.6) is 0 Å². The zero-order valence-electron chi connectivity index (χ0n) is 14.0. The van der Waals surface area contributed by atoms with Gasteiger partial charge in [-0.25, -0.2) is 4.79 Å². The van der Waals surface area contributed by atoms with E-state index in [2.05, 4.69) is 0 Å². The summed E-state index contributed by atoms with van der Waals surface area (Å²) in [6, 6.07) is 0. The molecule has 0 radical (unpaired) electrons. The van der Waals surface area contributed by atoms with Crippen LogP contribution in [-0.2, 0) is 18.8 Å². The molecule has 0 aromatic heterocycles. The molecule has 0 amide bonds. The van der Waals surface area contributed by atoms with Gasteiger partial charge in [0, 0.05) is 6.08 Å². The monoisotopic (exact) mass is 282 g/mol. The van der Waals surface area contributed by atoms with E-state index in [1.54, 1.807) is 6.92 Å². The molecule has 1 rings (SSSR count). The molecule has 0 bridgehead atoms. The van der Waals surface area contributed by atoms with E-state index < -0.39 is 18.3 Å². The Kier molecular flexibility index (Phi) is 4.77. The van der Waals surface area contributed by atoms with Crippen LogP contribution in [0.15, 0.2) is 11.5 Å². The molecular formula is C15H27BO4. The third-order valence-electron chi connectivity index (χ3n) is 3.93. The molecule has 0 aromatic carbocycles. The minimum absolute atomic E-state index is 0.242. The number of hydrogen-bond acceptors (Lipinski definition) is 4. The highest BCUT2D eigenvalue weighted by molar-refractivity contribution is 6.55. The van der Waals surface area contributed by atoms with Crippen LogP contribution in [0.4, 0.5) is 0 Å². The molecule has 1 aliphatic rings. The number of carbonyl (C=O) groups excluding carboxylic acids is 1. The van der Waals surface area contributed by atoms with Crippen molar-refractivity contribution >= 4 is 13.1 Å². The van der Waals surface area contributed by atoms with Gasteiger partial charge < -0.3 is 14.0 Å². The summed E-state index contributed by atoms with van der Waals surface area (Å²) < 4.78 is 17.1. The summed E-state index contributed by atoms with van der Waals surface area (Å²) in [5, 5.41) is 0. The first kappa shape index (κ1) is 17.2. The minimum atomic E-state index is -0.524. The van der Waals surface area contributed by atoms with Gasteiger partial charge in [-0.05, 0) is 45.5 Å². The lowest BCUT2D eigenvalue weighted by atomic mass is 9.64. The van der Waals surface area contributed by atoms with Crippen molar-refractivity contribution in [2.24, 2.45) is 5.41 Å². The first-order chi connectivity index (χ1) is 8.90. The fraction of sp³-hybridized carbons (Fsp3) is 0.800. The van der Waals surface area contributed by atoms with Crippen molar-refractivity contribution in [3.63, 3.8) is 0 Å². The predicted molar refractivity (Wildman–Crippen MR) is 80.3 cm³/mol. The van der Waals surface area contributed by atoms with Crippen LogP contribution in [0.1, 0.15) is 55.4 Å². The van der Waals surface area contributed by atoms with Crippen molar-refractivity contribution < 1.29 is 18.8 Å². The molecule has 0 atom stereocenters. The Hall–Kier alpha value is -0.805. The van der Waals surface area contributed by atoms with Crippen LogP contribution in [-0.4, -0.2) is 30.9 Å². The maximum absolute atomic E-state index is 11.8. The highest BCUT2D eigenvalue weighted by atomic mass is 16.7. The van der Waals surface area contributed by atoms with Gasteiger partial charge in [-0.15, -0.1) is 0 Å². The molecule has 114 valence electrons. The number of ether oxygens (including phenoxy) is 1. The first-order valence-electron chi connectivity index (χ1n) is 7.15. The van der Waals surface area contributed by atoms with Gasteiger partial charge in [0.15, 0.2) is 0 Å². The van der Waals surface area contributed by atoms with Gasteiger partial charge in [0.05, 0.1) is 17.8 Å². The molecular weight excluding hydrogens is 255 g/mol. The van der Waals surface area contributed by atoms with Gasteiger partial charge in [0.1, 0.15) is 0 Å². The molecule has 20 heavy (non-hydrogen) atoms. The second kappa shape index (κ2) is 5.53. The number of esters is 1. The summed E-state index contributed by atoms with van der Waals surface area (Å²) in [7, 11) is -0.524. The number of carbonyl (C=O) groups is 1. The van der Waals surface area contributed by atoms with E-state index in [4.69, 9.17) is 14.0 Å². The third kappa shape index (κ3) is 3.64. The SMILES string of the molecule is CCOC(=O)/C=C(/B1OC(C)(C)C(C)(C)O1)C(C)(C)C. The van der Waals surface area contributed by atoms with Gasteiger partial charge >= 0.3 is 13.1 Å². The van der Waals surface area contributed by atoms with Gasteiger partial charge in [-0.3, -0.25) is 0 Å². The summed E-state index contributed by atoms with van der Waals surface area (Å²) in [6.45, 7) is 16.2. The maximum Gasteiger partial charge on any atom is 0.491 e. The standard InChI is InChI=1S/C15H27BO4/c1-9-18-12(17)10-11(13(2,3)4)16-19-14(5,6)15(7,8)20-16/h10H,9H2,1-8H3/b11-10+. The van der Waals surface area contributed by atoms with Crippen LogP contribution in [0.2, 0.25) is 0 Å². The van der Waals surface area contributed by atoms with E-state index in [9.17, 15) is 4.79 Å². The van der Waals surface area contributed by atoms with Gasteiger partial charge in [-0.1, -0.05) is 20.8 Å². The molecule has 0 unspecified atom stereocenters. The molecule has 0 saturated carbocycles. The Bertz CT molecular complexity index is 389. The Morgan fingerprint density at radius 2 is 1.60 bits per heavy atom. The second-order valence-electron chi connectivity index (χ2n) is 7.19. The lowest BCUT2D eigenvalue weighted by Gasteiger charge is -2.32. The smallest absolute Gasteiger partial charge is 0.463 e. The molecule has 0 aliphatic carbocycles. The highest BCUT2D eigenvalue weighted by Crippen LogP contribution is 2.42. The topological polar surface area (TPSA) is 44.8 Å². The molecule has 0 spiro atoms. The number of rotatable bonds is 3.